The van der Waals surface area contributed by atoms with Crippen molar-refractivity contribution >= 4 is 38.9 Å². The van der Waals surface area contributed by atoms with Crippen molar-refractivity contribution < 1.29 is 27.2 Å². The number of ether oxygens (including phenoxy) is 1. The van der Waals surface area contributed by atoms with Gasteiger partial charge in [-0.1, -0.05) is 29.5 Å². The lowest BCUT2D eigenvalue weighted by Gasteiger charge is -2.34. The van der Waals surface area contributed by atoms with Crippen molar-refractivity contribution in [2.45, 2.75) is 59.5 Å². The van der Waals surface area contributed by atoms with E-state index in [9.17, 15) is 18.3 Å². The van der Waals surface area contributed by atoms with Crippen LogP contribution in [0, 0.1) is 19.3 Å². The van der Waals surface area contributed by atoms with Gasteiger partial charge in [-0.2, -0.15) is 12.7 Å². The summed E-state index contributed by atoms with van der Waals surface area (Å²) in [6, 6.07) is 9.77. The number of hydrogen-bond acceptors (Lipinski definition) is 8. The second kappa shape index (κ2) is 11.8. The van der Waals surface area contributed by atoms with E-state index in [-0.39, 0.29) is 19.1 Å². The Bertz CT molecular complexity index is 1550. The van der Waals surface area contributed by atoms with Gasteiger partial charge in [0.05, 0.1) is 18.0 Å². The van der Waals surface area contributed by atoms with Gasteiger partial charge in [0.1, 0.15) is 5.52 Å². The fourth-order valence-electron chi connectivity index (χ4n) is 5.22. The van der Waals surface area contributed by atoms with Crippen molar-refractivity contribution in [2.24, 2.45) is 5.41 Å². The number of aromatic nitrogens is 3. The molecule has 0 saturated heterocycles. The van der Waals surface area contributed by atoms with Crippen molar-refractivity contribution in [3.63, 3.8) is 0 Å². The van der Waals surface area contributed by atoms with Crippen LogP contribution in [0.5, 0.6) is 0 Å². The molecule has 3 aromatic rings. The van der Waals surface area contributed by atoms with Crippen molar-refractivity contribution in [1.82, 2.24) is 19.3 Å². The average Bonchev–Trinajstić information content (AvgIpc) is 3.31. The number of hydrogen-bond donors (Lipinski definition) is 1. The first-order valence-corrected chi connectivity index (χ1v) is 15.0. The Morgan fingerprint density at radius 1 is 1.23 bits per heavy atom. The van der Waals surface area contributed by atoms with E-state index in [0.717, 1.165) is 56.0 Å². The largest absolute Gasteiger partial charge is 0.480 e. The Balaban J connectivity index is 1.81. The second-order valence-electron chi connectivity index (χ2n) is 10.6. The quantitative estimate of drug-likeness (QED) is 0.201. The number of aliphatic hydroxyl groups is 1. The Kier molecular flexibility index (Phi) is 8.77. The molecule has 2 aromatic carbocycles. The lowest BCUT2D eigenvalue weighted by molar-refractivity contribution is -0.151. The summed E-state index contributed by atoms with van der Waals surface area (Å²) in [7, 11) is -2.77. The van der Waals surface area contributed by atoms with E-state index in [2.05, 4.69) is 14.5 Å². The lowest BCUT2D eigenvalue weighted by Crippen LogP contribution is -2.36. The first-order valence-electron chi connectivity index (χ1n) is 13.1. The van der Waals surface area contributed by atoms with Crippen molar-refractivity contribution in [2.75, 3.05) is 19.5 Å². The molecule has 1 aliphatic heterocycles. The fraction of sp³-hybridized carbons (Fsp3) is 0.464. The molecule has 0 amide bonds. The van der Waals surface area contributed by atoms with E-state index in [1.54, 1.807) is 0 Å². The molecule has 1 N–H and O–H groups in total. The molecule has 0 spiro atoms. The summed E-state index contributed by atoms with van der Waals surface area (Å²) in [5.74, 6) is -0.864. The summed E-state index contributed by atoms with van der Waals surface area (Å²) >= 11 is 5.84. The van der Waals surface area contributed by atoms with Gasteiger partial charge in [0, 0.05) is 37.5 Å². The Morgan fingerprint density at radius 2 is 1.98 bits per heavy atom. The zero-order valence-corrected chi connectivity index (χ0v) is 24.9. The summed E-state index contributed by atoms with van der Waals surface area (Å²) < 4.78 is 37.9. The number of benzene rings is 2. The molecule has 0 radical (unpaired) electrons. The number of unbranched alkanes of at least 4 members (excludes halogenated alkanes) is 1. The Labute approximate surface area is 239 Å². The van der Waals surface area contributed by atoms with Crippen LogP contribution in [0.1, 0.15) is 60.4 Å². The normalized spacial score (nSPS) is 16.4. The maximum absolute atomic E-state index is 13.1. The van der Waals surface area contributed by atoms with Crippen LogP contribution in [0.15, 0.2) is 42.4 Å². The highest BCUT2D eigenvalue weighted by Crippen LogP contribution is 2.44. The van der Waals surface area contributed by atoms with Gasteiger partial charge in [0.15, 0.2) is 0 Å². The standard InChI is InChI=1S/C28H35ClN4O6S/c1-18-8-9-20(16-21(18)17-32-15-12-24(34)39-40(32,36)37)25(28(3,4)27(35)38-5)22-10-11-23-26(19(22)2)30-31-33(23)14-7-6-13-29/h8-12,16,25,34H,6-7,13-15,17H2,1-5H3. The Morgan fingerprint density at radius 3 is 2.65 bits per heavy atom. The van der Waals surface area contributed by atoms with E-state index in [0.29, 0.717) is 12.4 Å². The summed E-state index contributed by atoms with van der Waals surface area (Å²) in [6.07, 6.45) is 3.07. The SMILES string of the molecule is COC(=O)C(C)(C)C(c1ccc(C)c(CN2CC=C(O)OS2(=O)=O)c1)c1ccc2c(nnn2CCCCCl)c1C. The third-order valence-electron chi connectivity index (χ3n) is 7.51. The molecule has 1 unspecified atom stereocenters. The van der Waals surface area contributed by atoms with E-state index in [1.165, 1.54) is 13.2 Å². The van der Waals surface area contributed by atoms with Crippen LogP contribution < -0.4 is 0 Å². The third kappa shape index (κ3) is 5.82. The molecule has 1 aromatic heterocycles. The number of alkyl halides is 1. The number of carbonyl (C=O) groups excluding carboxylic acids is 1. The molecule has 216 valence electrons. The van der Waals surface area contributed by atoms with Crippen molar-refractivity contribution in [3.8, 4) is 0 Å². The van der Waals surface area contributed by atoms with E-state index >= 15 is 0 Å². The van der Waals surface area contributed by atoms with Gasteiger partial charge in [-0.05, 0) is 74.4 Å². The Hall–Kier alpha value is -3.15. The molecule has 2 heterocycles. The zero-order chi connectivity index (χ0) is 29.2. The second-order valence-corrected chi connectivity index (χ2v) is 12.5. The number of rotatable bonds is 10. The molecule has 12 heteroatoms. The number of carbonyl (C=O) groups is 1. The average molecular weight is 591 g/mol. The molecule has 40 heavy (non-hydrogen) atoms. The van der Waals surface area contributed by atoms with Crippen molar-refractivity contribution in [1.29, 1.82) is 0 Å². The van der Waals surface area contributed by atoms with Gasteiger partial charge in [0.2, 0.25) is 0 Å². The number of methoxy groups -OCH3 is 1. The predicted molar refractivity (Wildman–Crippen MR) is 152 cm³/mol. The molecule has 0 aliphatic carbocycles. The van der Waals surface area contributed by atoms with Gasteiger partial charge in [-0.25, -0.2) is 4.68 Å². The first-order chi connectivity index (χ1) is 18.9. The van der Waals surface area contributed by atoms with Gasteiger partial charge in [-0.15, -0.1) is 16.7 Å². The molecule has 1 aliphatic rings. The summed E-state index contributed by atoms with van der Waals surface area (Å²) in [4.78, 5) is 13.1. The first kappa shape index (κ1) is 29.8. The third-order valence-corrected chi connectivity index (χ3v) is 9.07. The number of halogens is 1. The van der Waals surface area contributed by atoms with Crippen LogP contribution >= 0.6 is 11.6 Å². The van der Waals surface area contributed by atoms with Crippen molar-refractivity contribution in [3.05, 3.63) is 70.2 Å². The number of aliphatic hydroxyl groups excluding tert-OH is 1. The molecule has 10 nitrogen and oxygen atoms in total. The highest BCUT2D eigenvalue weighted by Gasteiger charge is 2.41. The van der Waals surface area contributed by atoms with Crippen LogP contribution in [0.25, 0.3) is 11.0 Å². The van der Waals surface area contributed by atoms with Gasteiger partial charge in [-0.3, -0.25) is 4.79 Å². The van der Waals surface area contributed by atoms with Crippen LogP contribution in [0.3, 0.4) is 0 Å². The molecule has 0 saturated carbocycles. The van der Waals surface area contributed by atoms with Crippen LogP contribution in [0.4, 0.5) is 0 Å². The zero-order valence-electron chi connectivity index (χ0n) is 23.3. The van der Waals surface area contributed by atoms with Crippen LogP contribution in [-0.2, 0) is 37.1 Å². The minimum absolute atomic E-state index is 0.0226. The predicted octanol–water partition coefficient (Wildman–Crippen LogP) is 4.87. The maximum atomic E-state index is 13.1. The lowest BCUT2D eigenvalue weighted by atomic mass is 9.69. The summed E-state index contributed by atoms with van der Waals surface area (Å²) in [5.41, 5.74) is 4.91. The molecule has 0 bridgehead atoms. The van der Waals surface area contributed by atoms with E-state index < -0.39 is 27.6 Å². The number of fused-ring (bicyclic) bond motifs is 1. The fourth-order valence-corrected chi connectivity index (χ4v) is 6.36. The highest BCUT2D eigenvalue weighted by atomic mass is 35.5. The van der Waals surface area contributed by atoms with E-state index in [1.807, 2.05) is 62.7 Å². The molecule has 1 atom stereocenters. The van der Waals surface area contributed by atoms with Gasteiger partial charge in [0.25, 0.3) is 5.95 Å². The highest BCUT2D eigenvalue weighted by molar-refractivity contribution is 7.84. The van der Waals surface area contributed by atoms with Gasteiger partial charge >= 0.3 is 16.3 Å². The smallest absolute Gasteiger partial charge is 0.388 e. The van der Waals surface area contributed by atoms with Crippen LogP contribution in [0.2, 0.25) is 0 Å². The number of aryl methyl sites for hydroxylation is 3. The molecule has 0 fully saturated rings. The molecule has 4 rings (SSSR count). The molecular weight excluding hydrogens is 556 g/mol. The topological polar surface area (TPSA) is 124 Å². The van der Waals surface area contributed by atoms with E-state index in [4.69, 9.17) is 16.3 Å². The summed E-state index contributed by atoms with van der Waals surface area (Å²) in [5, 5.41) is 18.3. The number of nitrogens with zero attached hydrogens (tertiary/aromatic N) is 4. The summed E-state index contributed by atoms with van der Waals surface area (Å²) in [6.45, 7) is 8.26. The van der Waals surface area contributed by atoms with Crippen LogP contribution in [-0.4, -0.2) is 58.3 Å². The molecular formula is C28H35ClN4O6S. The monoisotopic (exact) mass is 590 g/mol. The van der Waals surface area contributed by atoms with Gasteiger partial charge < -0.3 is 14.0 Å². The minimum Gasteiger partial charge on any atom is -0.480 e. The number of esters is 1. The maximum Gasteiger partial charge on any atom is 0.388 e. The minimum atomic E-state index is -4.14.